The third kappa shape index (κ3) is 2.93. The maximum Gasteiger partial charge on any atom is 0.320 e. The minimum absolute atomic E-state index is 0.00825. The first-order valence-corrected chi connectivity index (χ1v) is 6.23. The summed E-state index contributed by atoms with van der Waals surface area (Å²) in [5.74, 6) is -0.450. The van der Waals surface area contributed by atoms with Crippen LogP contribution >= 0.6 is 0 Å². The Morgan fingerprint density at radius 3 is 2.11 bits per heavy atom. The van der Waals surface area contributed by atoms with Crippen LogP contribution in [-0.4, -0.2) is 73.0 Å². The monoisotopic (exact) mass is 256 g/mol. The van der Waals surface area contributed by atoms with E-state index in [1.807, 2.05) is 20.9 Å². The number of hydrogen-bond donors (Lipinski definition) is 1. The first-order valence-electron chi connectivity index (χ1n) is 6.23. The molecule has 0 aromatic carbocycles. The largest absolute Gasteiger partial charge is 0.368 e. The Kier molecular flexibility index (Phi) is 4.56. The number of nitrogens with zero attached hydrogens (tertiary/aromatic N) is 3. The molecule has 0 aromatic heterocycles. The molecular formula is C12H24N4O2. The standard InChI is InChI=1S/C12H24N4O2/c1-8(2)10(11(13)17)16(5)12(18)15(4)9-6-14(3)7-9/h8-10H,6-7H2,1-5H3,(H2,13,17)/t10-/m0/s1. The van der Waals surface area contributed by atoms with E-state index in [1.54, 1.807) is 19.0 Å². The van der Waals surface area contributed by atoms with Gasteiger partial charge in [-0.1, -0.05) is 13.8 Å². The van der Waals surface area contributed by atoms with Crippen molar-refractivity contribution in [2.24, 2.45) is 11.7 Å². The van der Waals surface area contributed by atoms with Gasteiger partial charge in [0.2, 0.25) is 5.91 Å². The van der Waals surface area contributed by atoms with E-state index < -0.39 is 11.9 Å². The van der Waals surface area contributed by atoms with Crippen molar-refractivity contribution in [3.8, 4) is 0 Å². The molecule has 0 radical (unpaired) electrons. The molecule has 6 heteroatoms. The van der Waals surface area contributed by atoms with Crippen LogP contribution in [0.2, 0.25) is 0 Å². The number of primary amides is 1. The minimum Gasteiger partial charge on any atom is -0.368 e. The second-order valence-electron chi connectivity index (χ2n) is 5.47. The van der Waals surface area contributed by atoms with Crippen LogP contribution in [-0.2, 0) is 4.79 Å². The third-order valence-electron chi connectivity index (χ3n) is 3.54. The third-order valence-corrected chi connectivity index (χ3v) is 3.54. The Bertz CT molecular complexity index is 326. The van der Waals surface area contributed by atoms with Crippen molar-refractivity contribution >= 4 is 11.9 Å². The Morgan fingerprint density at radius 2 is 1.78 bits per heavy atom. The maximum atomic E-state index is 12.3. The molecule has 1 atom stereocenters. The van der Waals surface area contributed by atoms with E-state index in [9.17, 15) is 9.59 Å². The van der Waals surface area contributed by atoms with Crippen molar-refractivity contribution in [3.05, 3.63) is 0 Å². The van der Waals surface area contributed by atoms with Crippen LogP contribution < -0.4 is 5.73 Å². The van der Waals surface area contributed by atoms with E-state index in [-0.39, 0.29) is 18.0 Å². The van der Waals surface area contributed by atoms with Crippen LogP contribution in [0.1, 0.15) is 13.8 Å². The number of rotatable bonds is 4. The number of carbonyl (C=O) groups is 2. The van der Waals surface area contributed by atoms with Gasteiger partial charge in [-0.05, 0) is 13.0 Å². The van der Waals surface area contributed by atoms with E-state index in [1.165, 1.54) is 4.90 Å². The van der Waals surface area contributed by atoms with E-state index >= 15 is 0 Å². The number of likely N-dealkylation sites (tertiary alicyclic amines) is 1. The number of nitrogens with two attached hydrogens (primary N) is 1. The second-order valence-corrected chi connectivity index (χ2v) is 5.47. The van der Waals surface area contributed by atoms with Gasteiger partial charge in [0.25, 0.3) is 0 Å². The highest BCUT2D eigenvalue weighted by atomic mass is 16.2. The summed E-state index contributed by atoms with van der Waals surface area (Å²) in [6.07, 6.45) is 0. The molecule has 1 saturated heterocycles. The van der Waals surface area contributed by atoms with Gasteiger partial charge in [0, 0.05) is 27.2 Å². The molecule has 0 bridgehead atoms. The predicted molar refractivity (Wildman–Crippen MR) is 70.0 cm³/mol. The average Bonchev–Trinajstić information content (AvgIpc) is 2.21. The van der Waals surface area contributed by atoms with Crippen LogP contribution in [0.15, 0.2) is 0 Å². The molecule has 1 aliphatic heterocycles. The lowest BCUT2D eigenvalue weighted by Crippen LogP contribution is -2.61. The van der Waals surface area contributed by atoms with Crippen LogP contribution in [0.3, 0.4) is 0 Å². The molecule has 1 aliphatic rings. The van der Waals surface area contributed by atoms with Gasteiger partial charge in [0.1, 0.15) is 6.04 Å². The molecule has 1 fully saturated rings. The van der Waals surface area contributed by atoms with E-state index in [4.69, 9.17) is 5.73 Å². The van der Waals surface area contributed by atoms with Gasteiger partial charge in [-0.25, -0.2) is 4.79 Å². The molecule has 104 valence electrons. The van der Waals surface area contributed by atoms with E-state index in [0.717, 1.165) is 13.1 Å². The van der Waals surface area contributed by atoms with Crippen LogP contribution in [0.4, 0.5) is 4.79 Å². The molecule has 2 N–H and O–H groups in total. The lowest BCUT2D eigenvalue weighted by molar-refractivity contribution is -0.123. The maximum absolute atomic E-state index is 12.3. The van der Waals surface area contributed by atoms with Gasteiger partial charge in [-0.15, -0.1) is 0 Å². The van der Waals surface area contributed by atoms with Crippen molar-refractivity contribution in [3.63, 3.8) is 0 Å². The minimum atomic E-state index is -0.558. The molecule has 1 heterocycles. The fourth-order valence-corrected chi connectivity index (χ4v) is 2.40. The quantitative estimate of drug-likeness (QED) is 0.757. The van der Waals surface area contributed by atoms with Crippen molar-refractivity contribution < 1.29 is 9.59 Å². The summed E-state index contributed by atoms with van der Waals surface area (Å²) in [5.41, 5.74) is 5.36. The molecule has 0 aliphatic carbocycles. The first-order chi connectivity index (χ1) is 8.25. The van der Waals surface area contributed by atoms with Crippen molar-refractivity contribution in [1.29, 1.82) is 0 Å². The zero-order valence-electron chi connectivity index (χ0n) is 11.9. The van der Waals surface area contributed by atoms with Crippen LogP contribution in [0, 0.1) is 5.92 Å². The summed E-state index contributed by atoms with van der Waals surface area (Å²) in [6, 6.07) is -0.478. The Balaban J connectivity index is 2.67. The Hall–Kier alpha value is -1.30. The fraction of sp³-hybridized carbons (Fsp3) is 0.833. The SMILES string of the molecule is CC(C)[C@@H](C(N)=O)N(C)C(=O)N(C)C1CN(C)C1. The Labute approximate surface area is 109 Å². The summed E-state index contributed by atoms with van der Waals surface area (Å²) in [7, 11) is 5.42. The number of carbonyl (C=O) groups excluding carboxylic acids is 2. The molecule has 0 aromatic rings. The highest BCUT2D eigenvalue weighted by Crippen LogP contribution is 2.16. The first kappa shape index (κ1) is 14.8. The summed E-state index contributed by atoms with van der Waals surface area (Å²) < 4.78 is 0. The van der Waals surface area contributed by atoms with Gasteiger partial charge in [0.05, 0.1) is 6.04 Å². The number of hydrogen-bond acceptors (Lipinski definition) is 3. The average molecular weight is 256 g/mol. The smallest absolute Gasteiger partial charge is 0.320 e. The highest BCUT2D eigenvalue weighted by molar-refractivity contribution is 5.86. The molecule has 6 nitrogen and oxygen atoms in total. The van der Waals surface area contributed by atoms with Gasteiger partial charge >= 0.3 is 6.03 Å². The topological polar surface area (TPSA) is 69.9 Å². The number of likely N-dealkylation sites (N-methyl/N-ethyl adjacent to an activating group) is 3. The number of urea groups is 1. The summed E-state index contributed by atoms with van der Waals surface area (Å²) in [6.45, 7) is 5.52. The lowest BCUT2D eigenvalue weighted by Gasteiger charge is -2.44. The second kappa shape index (κ2) is 5.56. The highest BCUT2D eigenvalue weighted by Gasteiger charge is 2.35. The molecule has 3 amide bonds. The molecule has 1 rings (SSSR count). The van der Waals surface area contributed by atoms with Crippen LogP contribution in [0.5, 0.6) is 0 Å². The normalized spacial score (nSPS) is 18.3. The van der Waals surface area contributed by atoms with Gasteiger partial charge < -0.3 is 20.4 Å². The zero-order valence-corrected chi connectivity index (χ0v) is 11.9. The lowest BCUT2D eigenvalue weighted by atomic mass is 10.0. The summed E-state index contributed by atoms with van der Waals surface area (Å²) >= 11 is 0. The molecule has 18 heavy (non-hydrogen) atoms. The van der Waals surface area contributed by atoms with E-state index in [2.05, 4.69) is 4.90 Å². The molecule has 0 saturated carbocycles. The molecular weight excluding hydrogens is 232 g/mol. The van der Waals surface area contributed by atoms with E-state index in [0.29, 0.717) is 0 Å². The summed E-state index contributed by atoms with van der Waals surface area (Å²) in [5, 5.41) is 0. The Morgan fingerprint density at radius 1 is 1.28 bits per heavy atom. The number of amides is 3. The fourth-order valence-electron chi connectivity index (χ4n) is 2.40. The van der Waals surface area contributed by atoms with Crippen molar-refractivity contribution in [2.75, 3.05) is 34.2 Å². The predicted octanol–water partition coefficient (Wildman–Crippen LogP) is -0.206. The van der Waals surface area contributed by atoms with Gasteiger partial charge in [-0.3, -0.25) is 4.79 Å². The van der Waals surface area contributed by atoms with Gasteiger partial charge in [0.15, 0.2) is 0 Å². The molecule has 0 unspecified atom stereocenters. The zero-order chi connectivity index (χ0) is 14.0. The van der Waals surface area contributed by atoms with Gasteiger partial charge in [-0.2, -0.15) is 0 Å². The summed E-state index contributed by atoms with van der Waals surface area (Å²) in [4.78, 5) is 29.0. The molecule has 0 spiro atoms. The van der Waals surface area contributed by atoms with Crippen LogP contribution in [0.25, 0.3) is 0 Å². The van der Waals surface area contributed by atoms with Crippen molar-refractivity contribution in [2.45, 2.75) is 25.9 Å². The van der Waals surface area contributed by atoms with Crippen molar-refractivity contribution in [1.82, 2.24) is 14.7 Å².